The molecule has 0 heterocycles. The van der Waals surface area contributed by atoms with Crippen molar-refractivity contribution in [3.8, 4) is 0 Å². The van der Waals surface area contributed by atoms with Gasteiger partial charge in [0.05, 0.1) is 14.2 Å². The number of ether oxygens (including phenoxy) is 2. The van der Waals surface area contributed by atoms with Crippen molar-refractivity contribution in [3.05, 3.63) is 24.8 Å². The van der Waals surface area contributed by atoms with Crippen LogP contribution >= 0.6 is 0 Å². The Bertz CT molecular complexity index is 410. The topological polar surface area (TPSA) is 52.6 Å². The van der Waals surface area contributed by atoms with Crippen LogP contribution < -0.4 is 0 Å². The number of unbranched alkanes of at least 4 members (excludes halogenated alkanes) is 6. The second-order valence-electron chi connectivity index (χ2n) is 6.82. The van der Waals surface area contributed by atoms with Crippen LogP contribution in [-0.4, -0.2) is 26.2 Å². The molecule has 0 radical (unpaired) electrons. The molecule has 0 saturated carbocycles. The molecule has 0 N–H and O–H groups in total. The van der Waals surface area contributed by atoms with Crippen molar-refractivity contribution < 1.29 is 19.1 Å². The Balaban J connectivity index is 4.72. The van der Waals surface area contributed by atoms with E-state index in [2.05, 4.69) is 13.2 Å². The van der Waals surface area contributed by atoms with Gasteiger partial charge < -0.3 is 9.47 Å². The summed E-state index contributed by atoms with van der Waals surface area (Å²) in [6.07, 6.45) is 11.6. The summed E-state index contributed by atoms with van der Waals surface area (Å²) in [5, 5.41) is 0. The molecule has 25 heavy (non-hydrogen) atoms. The Morgan fingerprint density at radius 2 is 1.36 bits per heavy atom. The van der Waals surface area contributed by atoms with E-state index in [4.69, 9.17) is 9.47 Å². The highest BCUT2D eigenvalue weighted by molar-refractivity contribution is 5.99. The monoisotopic (exact) mass is 352 g/mol. The molecule has 0 fully saturated rings. The summed E-state index contributed by atoms with van der Waals surface area (Å²) < 4.78 is 9.92. The Hall–Kier alpha value is -1.58. The van der Waals surface area contributed by atoms with E-state index >= 15 is 0 Å². The Morgan fingerprint density at radius 3 is 1.80 bits per heavy atom. The molecule has 0 rings (SSSR count). The van der Waals surface area contributed by atoms with Gasteiger partial charge in [-0.2, -0.15) is 0 Å². The maximum atomic E-state index is 12.4. The lowest BCUT2D eigenvalue weighted by Crippen LogP contribution is -2.41. The van der Waals surface area contributed by atoms with Crippen LogP contribution in [0.1, 0.15) is 77.6 Å². The number of hydrogen-bond donors (Lipinski definition) is 0. The lowest BCUT2D eigenvalue weighted by atomic mass is 9.77. The first-order valence-corrected chi connectivity index (χ1v) is 9.36. The van der Waals surface area contributed by atoms with Crippen LogP contribution in [0.4, 0.5) is 0 Å². The zero-order valence-corrected chi connectivity index (χ0v) is 16.4. The SMILES string of the molecule is C=CCCCCCC(CCCCCCC(=C)C)(C(=O)OC)C(=O)OC. The normalized spacial score (nSPS) is 11.0. The van der Waals surface area contributed by atoms with Gasteiger partial charge >= 0.3 is 11.9 Å². The third-order valence-electron chi connectivity index (χ3n) is 4.62. The fourth-order valence-electron chi connectivity index (χ4n) is 3.11. The van der Waals surface area contributed by atoms with Crippen molar-refractivity contribution in [1.29, 1.82) is 0 Å². The summed E-state index contributed by atoms with van der Waals surface area (Å²) in [5.74, 6) is -0.935. The minimum atomic E-state index is -1.16. The first-order chi connectivity index (χ1) is 11.9. The van der Waals surface area contributed by atoms with Gasteiger partial charge in [0.2, 0.25) is 0 Å². The molecule has 0 aromatic carbocycles. The molecular weight excluding hydrogens is 316 g/mol. The Labute approximate surface area is 153 Å². The molecule has 0 saturated heterocycles. The molecule has 4 heteroatoms. The van der Waals surface area contributed by atoms with Crippen LogP contribution in [0.25, 0.3) is 0 Å². The predicted molar refractivity (Wildman–Crippen MR) is 102 cm³/mol. The van der Waals surface area contributed by atoms with Crippen molar-refractivity contribution in [3.63, 3.8) is 0 Å². The fraction of sp³-hybridized carbons (Fsp3) is 0.714. The summed E-state index contributed by atoms with van der Waals surface area (Å²) in [5.41, 5.74) is 0.0319. The van der Waals surface area contributed by atoms with E-state index in [-0.39, 0.29) is 0 Å². The third-order valence-corrected chi connectivity index (χ3v) is 4.62. The zero-order chi connectivity index (χ0) is 19.1. The molecule has 0 amide bonds. The predicted octanol–water partition coefficient (Wildman–Crippen LogP) is 5.37. The standard InChI is InChI=1S/C21H36O4/c1-6-7-8-10-13-16-21(19(22)24-4,20(23)25-5)17-14-11-9-12-15-18(2)3/h6H,1-2,7-17H2,3-5H3. The molecule has 0 aromatic heterocycles. The van der Waals surface area contributed by atoms with Gasteiger partial charge in [0.15, 0.2) is 5.41 Å². The minimum absolute atomic E-state index is 0.468. The third kappa shape index (κ3) is 8.89. The van der Waals surface area contributed by atoms with Gasteiger partial charge in [0, 0.05) is 0 Å². The summed E-state index contributed by atoms with van der Waals surface area (Å²) in [6.45, 7) is 9.65. The maximum Gasteiger partial charge on any atom is 0.323 e. The largest absolute Gasteiger partial charge is 0.468 e. The van der Waals surface area contributed by atoms with E-state index in [1.165, 1.54) is 19.8 Å². The van der Waals surface area contributed by atoms with Gasteiger partial charge in [-0.3, -0.25) is 9.59 Å². The summed E-state index contributed by atoms with van der Waals surface area (Å²) in [6, 6.07) is 0. The molecule has 4 nitrogen and oxygen atoms in total. The van der Waals surface area contributed by atoms with E-state index in [0.717, 1.165) is 57.8 Å². The second-order valence-corrected chi connectivity index (χ2v) is 6.82. The van der Waals surface area contributed by atoms with Crippen LogP contribution in [-0.2, 0) is 19.1 Å². The molecule has 0 aliphatic carbocycles. The smallest absolute Gasteiger partial charge is 0.323 e. The van der Waals surface area contributed by atoms with Gasteiger partial charge in [-0.15, -0.1) is 13.2 Å². The van der Waals surface area contributed by atoms with Crippen molar-refractivity contribution in [2.75, 3.05) is 14.2 Å². The number of carbonyl (C=O) groups is 2. The number of rotatable bonds is 15. The summed E-state index contributed by atoms with van der Waals surface area (Å²) in [7, 11) is 2.68. The van der Waals surface area contributed by atoms with E-state index in [9.17, 15) is 9.59 Å². The van der Waals surface area contributed by atoms with Gasteiger partial charge in [0.1, 0.15) is 0 Å². The highest BCUT2D eigenvalue weighted by Crippen LogP contribution is 2.35. The van der Waals surface area contributed by atoms with Crippen LogP contribution in [0.5, 0.6) is 0 Å². The first kappa shape index (κ1) is 23.4. The molecular formula is C21H36O4. The average Bonchev–Trinajstić information content (AvgIpc) is 2.61. The highest BCUT2D eigenvalue weighted by Gasteiger charge is 2.47. The van der Waals surface area contributed by atoms with Gasteiger partial charge in [-0.25, -0.2) is 0 Å². The quantitative estimate of drug-likeness (QED) is 0.172. The molecule has 0 unspecified atom stereocenters. The minimum Gasteiger partial charge on any atom is -0.468 e. The zero-order valence-electron chi connectivity index (χ0n) is 16.4. The lowest BCUT2D eigenvalue weighted by Gasteiger charge is -2.28. The molecule has 0 bridgehead atoms. The number of allylic oxidation sites excluding steroid dienone is 2. The molecule has 0 spiro atoms. The molecule has 144 valence electrons. The summed E-state index contributed by atoms with van der Waals surface area (Å²) >= 11 is 0. The van der Waals surface area contributed by atoms with Crippen LogP contribution in [0.3, 0.4) is 0 Å². The van der Waals surface area contributed by atoms with Gasteiger partial charge in [-0.05, 0) is 45.4 Å². The number of esters is 2. The fourth-order valence-corrected chi connectivity index (χ4v) is 3.11. The first-order valence-electron chi connectivity index (χ1n) is 9.36. The number of hydrogen-bond acceptors (Lipinski definition) is 4. The van der Waals surface area contributed by atoms with Crippen molar-refractivity contribution in [1.82, 2.24) is 0 Å². The molecule has 0 aromatic rings. The van der Waals surface area contributed by atoms with Crippen molar-refractivity contribution in [2.24, 2.45) is 5.41 Å². The average molecular weight is 353 g/mol. The van der Waals surface area contributed by atoms with Gasteiger partial charge in [-0.1, -0.05) is 43.8 Å². The van der Waals surface area contributed by atoms with Crippen molar-refractivity contribution in [2.45, 2.75) is 77.6 Å². The van der Waals surface area contributed by atoms with Gasteiger partial charge in [0.25, 0.3) is 0 Å². The van der Waals surface area contributed by atoms with Crippen LogP contribution in [0, 0.1) is 5.41 Å². The highest BCUT2D eigenvalue weighted by atomic mass is 16.5. The van der Waals surface area contributed by atoms with Crippen LogP contribution in [0.2, 0.25) is 0 Å². The van der Waals surface area contributed by atoms with E-state index in [1.807, 2.05) is 13.0 Å². The molecule has 0 aliphatic heterocycles. The van der Waals surface area contributed by atoms with Crippen LogP contribution in [0.15, 0.2) is 24.8 Å². The van der Waals surface area contributed by atoms with Crippen molar-refractivity contribution >= 4 is 11.9 Å². The van der Waals surface area contributed by atoms with E-state index in [0.29, 0.717) is 12.8 Å². The molecule has 0 atom stereocenters. The lowest BCUT2D eigenvalue weighted by molar-refractivity contribution is -0.170. The van der Waals surface area contributed by atoms with E-state index < -0.39 is 17.4 Å². The molecule has 0 aliphatic rings. The second kappa shape index (κ2) is 13.7. The number of carbonyl (C=O) groups excluding carboxylic acids is 2. The van der Waals surface area contributed by atoms with E-state index in [1.54, 1.807) is 0 Å². The Morgan fingerprint density at radius 1 is 0.880 bits per heavy atom. The number of methoxy groups -OCH3 is 2. The summed E-state index contributed by atoms with van der Waals surface area (Å²) in [4.78, 5) is 24.8. The Kier molecular flexibility index (Phi) is 12.8. The maximum absolute atomic E-state index is 12.4.